The predicted molar refractivity (Wildman–Crippen MR) is 70.8 cm³/mol. The maximum Gasteiger partial charge on any atom is 0.300 e. The molecule has 0 saturated heterocycles. The van der Waals surface area contributed by atoms with E-state index in [1.165, 1.54) is 0 Å². The molecule has 0 atom stereocenters. The molecule has 2 heterocycles. The molecule has 102 valence electrons. The lowest BCUT2D eigenvalue weighted by atomic mass is 10.4. The van der Waals surface area contributed by atoms with Crippen LogP contribution >= 0.6 is 22.9 Å². The van der Waals surface area contributed by atoms with Gasteiger partial charge in [-0.25, -0.2) is 13.1 Å². The molecular formula is C9H8ClN3O4S2. The summed E-state index contributed by atoms with van der Waals surface area (Å²) in [4.78, 5) is 12.7. The molecule has 0 aliphatic carbocycles. The largest absolute Gasteiger partial charge is 0.367 e. The number of rotatable bonds is 5. The molecule has 0 amide bonds. The van der Waals surface area contributed by atoms with Gasteiger partial charge in [0.05, 0.1) is 4.92 Å². The second-order valence-corrected chi connectivity index (χ2v) is 7.17. The van der Waals surface area contributed by atoms with Gasteiger partial charge >= 0.3 is 0 Å². The molecule has 7 nitrogen and oxygen atoms in total. The van der Waals surface area contributed by atoms with Crippen molar-refractivity contribution in [3.63, 3.8) is 0 Å². The number of nitro groups is 1. The standard InChI is InChI=1S/C9H8ClN3O4S2/c10-9-7(13(14)15)3-8(18-9)19(16,17)12-5-6-1-2-11-4-6/h1-4,11-12H,5H2. The lowest BCUT2D eigenvalue weighted by Gasteiger charge is -2.02. The highest BCUT2D eigenvalue weighted by molar-refractivity contribution is 7.91. The van der Waals surface area contributed by atoms with Crippen LogP contribution < -0.4 is 4.72 Å². The van der Waals surface area contributed by atoms with Crippen LogP contribution in [0.4, 0.5) is 5.69 Å². The average Bonchev–Trinajstić information content (AvgIpc) is 2.95. The number of hydrogen-bond acceptors (Lipinski definition) is 5. The number of aromatic nitrogens is 1. The molecule has 0 aromatic carbocycles. The molecule has 2 aromatic rings. The molecule has 0 unspecified atom stereocenters. The summed E-state index contributed by atoms with van der Waals surface area (Å²) in [5.74, 6) is 0. The van der Waals surface area contributed by atoms with E-state index in [1.54, 1.807) is 18.5 Å². The number of aromatic amines is 1. The minimum Gasteiger partial charge on any atom is -0.367 e. The van der Waals surface area contributed by atoms with E-state index < -0.39 is 20.6 Å². The number of sulfonamides is 1. The summed E-state index contributed by atoms with van der Waals surface area (Å²) in [7, 11) is -3.81. The van der Waals surface area contributed by atoms with Crippen molar-refractivity contribution in [3.05, 3.63) is 44.5 Å². The zero-order chi connectivity index (χ0) is 14.0. The predicted octanol–water partition coefficient (Wildman–Crippen LogP) is 2.12. The van der Waals surface area contributed by atoms with Crippen molar-refractivity contribution in [3.8, 4) is 0 Å². The molecule has 0 aliphatic rings. The molecule has 2 N–H and O–H groups in total. The summed E-state index contributed by atoms with van der Waals surface area (Å²) in [6.07, 6.45) is 3.31. The van der Waals surface area contributed by atoms with Crippen molar-refractivity contribution in [2.45, 2.75) is 10.8 Å². The van der Waals surface area contributed by atoms with Crippen LogP contribution in [0.15, 0.2) is 28.7 Å². The second kappa shape index (κ2) is 5.29. The smallest absolute Gasteiger partial charge is 0.300 e. The van der Waals surface area contributed by atoms with Crippen molar-refractivity contribution in [1.29, 1.82) is 0 Å². The number of nitrogens with one attached hydrogen (secondary N) is 2. The molecule has 19 heavy (non-hydrogen) atoms. The van der Waals surface area contributed by atoms with Gasteiger partial charge < -0.3 is 4.98 Å². The SMILES string of the molecule is O=[N+]([O-])c1cc(S(=O)(=O)NCc2cc[nH]c2)sc1Cl. The summed E-state index contributed by atoms with van der Waals surface area (Å²) < 4.78 is 25.8. The molecule has 0 fully saturated rings. The van der Waals surface area contributed by atoms with Gasteiger partial charge in [0.1, 0.15) is 4.21 Å². The Morgan fingerprint density at radius 2 is 2.26 bits per heavy atom. The summed E-state index contributed by atoms with van der Waals surface area (Å²) in [5, 5.41) is 10.6. The number of H-pyrrole nitrogens is 1. The van der Waals surface area contributed by atoms with E-state index in [4.69, 9.17) is 11.6 Å². The first-order chi connectivity index (χ1) is 8.90. The van der Waals surface area contributed by atoms with Crippen LogP contribution in [-0.4, -0.2) is 18.3 Å². The minimum atomic E-state index is -3.81. The third-order valence-electron chi connectivity index (χ3n) is 2.24. The molecule has 2 rings (SSSR count). The highest BCUT2D eigenvalue weighted by atomic mass is 35.5. The first-order valence-corrected chi connectivity index (χ1v) is 7.63. The highest BCUT2D eigenvalue weighted by Crippen LogP contribution is 2.36. The lowest BCUT2D eigenvalue weighted by Crippen LogP contribution is -2.22. The van der Waals surface area contributed by atoms with Crippen LogP contribution in [0.3, 0.4) is 0 Å². The van der Waals surface area contributed by atoms with Crippen molar-refractivity contribution in [2.75, 3.05) is 0 Å². The van der Waals surface area contributed by atoms with E-state index in [0.29, 0.717) is 11.3 Å². The zero-order valence-electron chi connectivity index (χ0n) is 9.29. The number of nitrogens with zero attached hydrogens (tertiary/aromatic N) is 1. The highest BCUT2D eigenvalue weighted by Gasteiger charge is 2.24. The monoisotopic (exact) mass is 321 g/mol. The average molecular weight is 322 g/mol. The van der Waals surface area contributed by atoms with Gasteiger partial charge in [-0.1, -0.05) is 11.6 Å². The van der Waals surface area contributed by atoms with Crippen LogP contribution in [-0.2, 0) is 16.6 Å². The van der Waals surface area contributed by atoms with Crippen LogP contribution in [0.5, 0.6) is 0 Å². The lowest BCUT2D eigenvalue weighted by molar-refractivity contribution is -0.384. The minimum absolute atomic E-state index is 0.0924. The third-order valence-corrected chi connectivity index (χ3v) is 5.45. The molecule has 0 aliphatic heterocycles. The van der Waals surface area contributed by atoms with Crippen molar-refractivity contribution < 1.29 is 13.3 Å². The van der Waals surface area contributed by atoms with Gasteiger partial charge in [-0.3, -0.25) is 10.1 Å². The Bertz CT molecular complexity index is 693. The Balaban J connectivity index is 2.20. The molecular weight excluding hydrogens is 314 g/mol. The molecule has 10 heteroatoms. The second-order valence-electron chi connectivity index (χ2n) is 3.53. The Morgan fingerprint density at radius 3 is 2.79 bits per heavy atom. The number of halogens is 1. The number of hydrogen-bond donors (Lipinski definition) is 2. The van der Waals surface area contributed by atoms with Crippen molar-refractivity contribution >= 4 is 38.6 Å². The fourth-order valence-electron chi connectivity index (χ4n) is 1.31. The van der Waals surface area contributed by atoms with Gasteiger partial charge in [0.15, 0.2) is 4.34 Å². The van der Waals surface area contributed by atoms with Gasteiger partial charge in [0, 0.05) is 25.0 Å². The van der Waals surface area contributed by atoms with Crippen LogP contribution in [0.2, 0.25) is 4.34 Å². The fraction of sp³-hybridized carbons (Fsp3) is 0.111. The Hall–Kier alpha value is -1.42. The molecule has 0 radical (unpaired) electrons. The van der Waals surface area contributed by atoms with E-state index in [1.807, 2.05) is 0 Å². The van der Waals surface area contributed by atoms with E-state index in [9.17, 15) is 18.5 Å². The quantitative estimate of drug-likeness (QED) is 0.650. The van der Waals surface area contributed by atoms with Gasteiger partial charge in [-0.15, -0.1) is 11.3 Å². The molecule has 0 saturated carbocycles. The maximum absolute atomic E-state index is 11.9. The molecule has 2 aromatic heterocycles. The van der Waals surface area contributed by atoms with E-state index >= 15 is 0 Å². The van der Waals surface area contributed by atoms with Gasteiger partial charge in [-0.2, -0.15) is 0 Å². The summed E-state index contributed by atoms with van der Waals surface area (Å²) in [6.45, 7) is 0.0924. The van der Waals surface area contributed by atoms with Gasteiger partial charge in [0.2, 0.25) is 0 Å². The normalized spacial score (nSPS) is 11.6. The first kappa shape index (κ1) is 14.0. The molecule has 0 bridgehead atoms. The number of thiophene rings is 1. The van der Waals surface area contributed by atoms with Crippen LogP contribution in [0.25, 0.3) is 0 Å². The first-order valence-electron chi connectivity index (χ1n) is 4.95. The van der Waals surface area contributed by atoms with Crippen molar-refractivity contribution in [1.82, 2.24) is 9.71 Å². The summed E-state index contributed by atoms with van der Waals surface area (Å²) in [6, 6.07) is 2.67. The Labute approximate surface area is 117 Å². The third kappa shape index (κ3) is 3.13. The van der Waals surface area contributed by atoms with Crippen molar-refractivity contribution in [2.24, 2.45) is 0 Å². The van der Waals surface area contributed by atoms with Crippen LogP contribution in [0, 0.1) is 10.1 Å². The Kier molecular flexibility index (Phi) is 3.90. The van der Waals surface area contributed by atoms with E-state index in [0.717, 1.165) is 11.6 Å². The van der Waals surface area contributed by atoms with Crippen LogP contribution in [0.1, 0.15) is 5.56 Å². The Morgan fingerprint density at radius 1 is 1.53 bits per heavy atom. The van der Waals surface area contributed by atoms with E-state index in [2.05, 4.69) is 9.71 Å². The van der Waals surface area contributed by atoms with Gasteiger partial charge in [-0.05, 0) is 11.6 Å². The summed E-state index contributed by atoms with van der Waals surface area (Å²) in [5.41, 5.74) is 0.342. The summed E-state index contributed by atoms with van der Waals surface area (Å²) >= 11 is 6.28. The maximum atomic E-state index is 11.9. The fourth-order valence-corrected chi connectivity index (χ4v) is 4.04. The zero-order valence-corrected chi connectivity index (χ0v) is 11.7. The van der Waals surface area contributed by atoms with Gasteiger partial charge in [0.25, 0.3) is 15.7 Å². The van der Waals surface area contributed by atoms with E-state index in [-0.39, 0.29) is 15.1 Å². The molecule has 0 spiro atoms. The topological polar surface area (TPSA) is 105 Å².